The highest BCUT2D eigenvalue weighted by atomic mass is 16.6. The fourth-order valence-corrected chi connectivity index (χ4v) is 7.91. The van der Waals surface area contributed by atoms with E-state index in [1.807, 2.05) is 60.7 Å². The van der Waals surface area contributed by atoms with E-state index in [1.165, 1.54) is 0 Å². The highest BCUT2D eigenvalue weighted by molar-refractivity contribution is 5.98. The van der Waals surface area contributed by atoms with Crippen LogP contribution >= 0.6 is 0 Å². The van der Waals surface area contributed by atoms with E-state index in [2.05, 4.69) is 0 Å². The third-order valence-electron chi connectivity index (χ3n) is 11.4. The molecule has 11 nitrogen and oxygen atoms in total. The van der Waals surface area contributed by atoms with Crippen LogP contribution in [0.3, 0.4) is 0 Å². The maximum Gasteiger partial charge on any atom is 0.343 e. The van der Waals surface area contributed by atoms with E-state index in [0.29, 0.717) is 47.6 Å². The Morgan fingerprint density at radius 3 is 1.47 bits per heavy atom. The molecule has 0 amide bonds. The summed E-state index contributed by atoms with van der Waals surface area (Å²) in [4.78, 5) is 51.3. The molecular formula is C49H56O11. The van der Waals surface area contributed by atoms with Gasteiger partial charge in [-0.25, -0.2) is 9.59 Å². The lowest BCUT2D eigenvalue weighted by atomic mass is 9.87. The number of ether oxygens (including phenoxy) is 5. The summed E-state index contributed by atoms with van der Waals surface area (Å²) in [6.45, 7) is -0.669. The molecule has 0 bridgehead atoms. The molecule has 4 aromatic rings. The van der Waals surface area contributed by atoms with Crippen LogP contribution in [0.2, 0.25) is 0 Å². The lowest BCUT2D eigenvalue weighted by Gasteiger charge is -2.26. The number of Topliss-reactive ketones (excluding diaryl/α,β-unsaturated/α-hetero) is 1. The Balaban J connectivity index is 0.802. The molecule has 60 heavy (non-hydrogen) atoms. The zero-order valence-corrected chi connectivity index (χ0v) is 34.2. The van der Waals surface area contributed by atoms with E-state index in [4.69, 9.17) is 23.7 Å². The second kappa shape index (κ2) is 21.7. The number of fused-ring (bicyclic) bond motifs is 2. The molecule has 2 aliphatic heterocycles. The molecule has 0 aromatic heterocycles. The van der Waals surface area contributed by atoms with E-state index in [9.17, 15) is 29.4 Å². The zero-order chi connectivity index (χ0) is 42.2. The Kier molecular flexibility index (Phi) is 15.9. The van der Waals surface area contributed by atoms with Gasteiger partial charge in [-0.15, -0.1) is 0 Å². The maximum absolute atomic E-state index is 13.0. The van der Waals surface area contributed by atoms with Crippen molar-refractivity contribution in [1.82, 2.24) is 0 Å². The third-order valence-corrected chi connectivity index (χ3v) is 11.4. The van der Waals surface area contributed by atoms with Crippen LogP contribution in [0.1, 0.15) is 133 Å². The average Bonchev–Trinajstić information content (AvgIpc) is 3.74. The van der Waals surface area contributed by atoms with Gasteiger partial charge >= 0.3 is 17.9 Å². The molecule has 2 N–H and O–H groups in total. The molecule has 2 heterocycles. The molecule has 6 rings (SSSR count). The SMILES string of the molecule is O=C(CCCCCCCCCCCCC(=O)OC[C@@]1(CO)OC(=O)c2c(OCc3ccccc3)cccc21)CC[C@@]1(CO)OC(=O)c2c(OCc3ccccc3)cccc21. The molecule has 11 heteroatoms. The molecule has 0 saturated heterocycles. The first-order chi connectivity index (χ1) is 29.3. The van der Waals surface area contributed by atoms with Crippen LogP contribution in [0.4, 0.5) is 0 Å². The molecule has 318 valence electrons. The number of esters is 3. The van der Waals surface area contributed by atoms with Crippen LogP contribution in [0.5, 0.6) is 11.5 Å². The number of benzene rings is 4. The first-order valence-electron chi connectivity index (χ1n) is 21.2. The summed E-state index contributed by atoms with van der Waals surface area (Å²) in [5.74, 6) is -0.735. The van der Waals surface area contributed by atoms with Crippen LogP contribution in [-0.4, -0.2) is 53.7 Å². The quantitative estimate of drug-likeness (QED) is 0.0355. The second-order valence-electron chi connectivity index (χ2n) is 15.7. The van der Waals surface area contributed by atoms with Gasteiger partial charge in [-0.1, -0.05) is 136 Å². The van der Waals surface area contributed by atoms with Crippen molar-refractivity contribution in [2.75, 3.05) is 19.8 Å². The van der Waals surface area contributed by atoms with Crippen molar-refractivity contribution in [1.29, 1.82) is 0 Å². The van der Waals surface area contributed by atoms with Gasteiger partial charge in [0.15, 0.2) is 11.2 Å². The minimum Gasteiger partial charge on any atom is -0.488 e. The predicted molar refractivity (Wildman–Crippen MR) is 223 cm³/mol. The van der Waals surface area contributed by atoms with Gasteiger partial charge in [0.2, 0.25) is 0 Å². The van der Waals surface area contributed by atoms with Crippen molar-refractivity contribution in [3.8, 4) is 11.5 Å². The number of ketones is 1. The number of unbranched alkanes of at least 4 members (excludes halogenated alkanes) is 9. The summed E-state index contributed by atoms with van der Waals surface area (Å²) in [7, 11) is 0. The highest BCUT2D eigenvalue weighted by Crippen LogP contribution is 2.44. The summed E-state index contributed by atoms with van der Waals surface area (Å²) in [5.41, 5.74) is 0.724. The Bertz CT molecular complexity index is 1900. The molecule has 0 aliphatic carbocycles. The van der Waals surface area contributed by atoms with Crippen molar-refractivity contribution < 1.29 is 53.1 Å². The molecular weight excluding hydrogens is 765 g/mol. The molecule has 2 atom stereocenters. The summed E-state index contributed by atoms with van der Waals surface area (Å²) >= 11 is 0. The fourth-order valence-electron chi connectivity index (χ4n) is 7.91. The Hall–Kier alpha value is -5.52. The van der Waals surface area contributed by atoms with Gasteiger partial charge in [0.1, 0.15) is 48.2 Å². The number of hydrogen-bond donors (Lipinski definition) is 2. The van der Waals surface area contributed by atoms with Crippen LogP contribution in [0, 0.1) is 0 Å². The molecule has 0 saturated carbocycles. The highest BCUT2D eigenvalue weighted by Gasteiger charge is 2.49. The molecule has 0 radical (unpaired) electrons. The second-order valence-corrected chi connectivity index (χ2v) is 15.7. The zero-order valence-electron chi connectivity index (χ0n) is 34.2. The van der Waals surface area contributed by atoms with Gasteiger partial charge in [-0.05, 0) is 36.1 Å². The molecule has 2 aliphatic rings. The Morgan fingerprint density at radius 1 is 0.517 bits per heavy atom. The molecule has 0 fully saturated rings. The number of aliphatic hydroxyl groups excluding tert-OH is 2. The normalized spacial score (nSPS) is 17.7. The number of carbonyl (C=O) groups excluding carboxylic acids is 4. The largest absolute Gasteiger partial charge is 0.488 e. The van der Waals surface area contributed by atoms with Crippen LogP contribution in [0.25, 0.3) is 0 Å². The average molecular weight is 821 g/mol. The van der Waals surface area contributed by atoms with Gasteiger partial charge in [0.05, 0.1) is 13.2 Å². The smallest absolute Gasteiger partial charge is 0.343 e. The van der Waals surface area contributed by atoms with Gasteiger partial charge in [0, 0.05) is 36.8 Å². The van der Waals surface area contributed by atoms with Gasteiger partial charge in [0.25, 0.3) is 0 Å². The number of hydrogen-bond acceptors (Lipinski definition) is 11. The van der Waals surface area contributed by atoms with E-state index in [-0.39, 0.29) is 43.8 Å². The van der Waals surface area contributed by atoms with Crippen LogP contribution in [-0.2, 0) is 48.2 Å². The van der Waals surface area contributed by atoms with Crippen molar-refractivity contribution in [3.05, 3.63) is 130 Å². The van der Waals surface area contributed by atoms with Crippen LogP contribution in [0.15, 0.2) is 97.1 Å². The maximum atomic E-state index is 13.0. The van der Waals surface area contributed by atoms with E-state index >= 15 is 0 Å². The Labute approximate surface area is 352 Å². The minimum absolute atomic E-state index is 0.0896. The minimum atomic E-state index is -1.47. The summed E-state index contributed by atoms with van der Waals surface area (Å²) < 4.78 is 28.8. The van der Waals surface area contributed by atoms with Crippen molar-refractivity contribution in [2.45, 2.75) is 114 Å². The van der Waals surface area contributed by atoms with Gasteiger partial charge in [-0.3, -0.25) is 9.59 Å². The number of aliphatic hydroxyl groups is 2. The lowest BCUT2D eigenvalue weighted by molar-refractivity contribution is -0.154. The predicted octanol–water partition coefficient (Wildman–Crippen LogP) is 8.83. The lowest BCUT2D eigenvalue weighted by Crippen LogP contribution is -2.37. The van der Waals surface area contributed by atoms with Crippen molar-refractivity contribution >= 4 is 23.7 Å². The standard InChI is InChI=1S/C49H56O11/c50-33-48(39-24-17-26-41(44(39)46(54)59-48)56-31-36-19-11-9-12-20-36)30-29-38(52)23-15-7-5-3-1-2-4-6-8-16-28-43(53)58-35-49(34-51)40-25-18-27-42(45(40)47(55)60-49)57-32-37-21-13-10-14-22-37/h9-14,17-22,24-27,50-51H,1-8,15-16,23,28-35H2/t48-,49+/m0/s1. The number of carbonyl (C=O) groups is 4. The Morgan fingerprint density at radius 2 is 0.967 bits per heavy atom. The van der Waals surface area contributed by atoms with E-state index in [1.54, 1.807) is 36.4 Å². The summed E-state index contributed by atoms with van der Waals surface area (Å²) in [6, 6.07) is 29.6. The van der Waals surface area contributed by atoms with Gasteiger partial charge < -0.3 is 33.9 Å². The number of rotatable bonds is 26. The molecule has 4 aromatic carbocycles. The van der Waals surface area contributed by atoms with E-state index < -0.39 is 42.3 Å². The summed E-state index contributed by atoms with van der Waals surface area (Å²) in [6.07, 6.45) is 10.9. The van der Waals surface area contributed by atoms with Crippen LogP contribution < -0.4 is 9.47 Å². The third kappa shape index (κ3) is 11.2. The number of cyclic esters (lactones) is 2. The van der Waals surface area contributed by atoms with Crippen molar-refractivity contribution in [3.63, 3.8) is 0 Å². The monoisotopic (exact) mass is 820 g/mol. The fraction of sp³-hybridized carbons (Fsp3) is 0.429. The van der Waals surface area contributed by atoms with Crippen molar-refractivity contribution in [2.24, 2.45) is 0 Å². The van der Waals surface area contributed by atoms with E-state index in [0.717, 1.165) is 68.9 Å². The molecule has 0 spiro atoms. The topological polar surface area (TPSA) is 155 Å². The summed E-state index contributed by atoms with van der Waals surface area (Å²) in [5, 5.41) is 20.7. The first-order valence-corrected chi connectivity index (χ1v) is 21.2. The first kappa shape index (κ1) is 44.0. The molecule has 0 unspecified atom stereocenters. The van der Waals surface area contributed by atoms with Gasteiger partial charge in [-0.2, -0.15) is 0 Å².